The van der Waals surface area contributed by atoms with Crippen molar-refractivity contribution in [1.82, 2.24) is 0 Å². The summed E-state index contributed by atoms with van der Waals surface area (Å²) < 4.78 is 10.5. The molecule has 20 heavy (non-hydrogen) atoms. The Bertz CT molecular complexity index is 416. The molecule has 0 spiro atoms. The predicted molar refractivity (Wildman–Crippen MR) is 79.7 cm³/mol. The van der Waals surface area contributed by atoms with Crippen LogP contribution in [0.15, 0.2) is 24.3 Å². The maximum atomic E-state index is 12.3. The summed E-state index contributed by atoms with van der Waals surface area (Å²) in [6, 6.07) is 7.85. The number of hydrogen-bond donors (Lipinski definition) is 1. The van der Waals surface area contributed by atoms with Crippen LogP contribution in [0.2, 0.25) is 0 Å². The molecule has 1 atom stereocenters. The molecule has 0 aliphatic rings. The van der Waals surface area contributed by atoms with Crippen LogP contribution in [0.3, 0.4) is 0 Å². The van der Waals surface area contributed by atoms with E-state index in [-0.39, 0.29) is 12.5 Å². The number of benzene rings is 1. The number of ether oxygens (including phenoxy) is 2. The van der Waals surface area contributed by atoms with E-state index in [1.54, 1.807) is 0 Å². The molecule has 1 aromatic rings. The molecule has 0 heterocycles. The Balaban J connectivity index is 2.98. The van der Waals surface area contributed by atoms with Crippen molar-refractivity contribution < 1.29 is 14.3 Å². The van der Waals surface area contributed by atoms with Crippen LogP contribution in [0.25, 0.3) is 0 Å². The highest BCUT2D eigenvalue weighted by atomic mass is 16.5. The van der Waals surface area contributed by atoms with Gasteiger partial charge in [0.2, 0.25) is 0 Å². The van der Waals surface area contributed by atoms with E-state index in [4.69, 9.17) is 15.2 Å². The second kappa shape index (κ2) is 8.02. The lowest BCUT2D eigenvalue weighted by Crippen LogP contribution is -2.44. The molecule has 0 amide bonds. The fraction of sp³-hybridized carbons (Fsp3) is 0.562. The minimum atomic E-state index is -0.823. The number of carbonyl (C=O) groups excluding carboxylic acids is 1. The first-order valence-corrected chi connectivity index (χ1v) is 7.04. The number of esters is 1. The molecule has 1 rings (SSSR count). The highest BCUT2D eigenvalue weighted by Crippen LogP contribution is 2.29. The van der Waals surface area contributed by atoms with E-state index in [1.807, 2.05) is 31.2 Å². The molecule has 4 nitrogen and oxygen atoms in total. The first-order valence-electron chi connectivity index (χ1n) is 7.04. The van der Waals surface area contributed by atoms with Crippen LogP contribution in [0.4, 0.5) is 0 Å². The molecule has 2 N–H and O–H groups in total. The Morgan fingerprint density at radius 2 is 1.90 bits per heavy atom. The minimum absolute atomic E-state index is 0.207. The van der Waals surface area contributed by atoms with E-state index in [2.05, 4.69) is 6.92 Å². The van der Waals surface area contributed by atoms with Crippen molar-refractivity contribution in [2.45, 2.75) is 32.1 Å². The number of aryl methyl sites for hydroxylation is 1. The fourth-order valence-electron chi connectivity index (χ4n) is 2.23. The molecule has 0 aliphatic carbocycles. The third-order valence-electron chi connectivity index (χ3n) is 3.55. The summed E-state index contributed by atoms with van der Waals surface area (Å²) in [5.41, 5.74) is 7.12. The van der Waals surface area contributed by atoms with E-state index in [9.17, 15) is 4.79 Å². The maximum absolute atomic E-state index is 12.3. The number of carbonyl (C=O) groups is 1. The van der Waals surface area contributed by atoms with Gasteiger partial charge in [-0.2, -0.15) is 0 Å². The van der Waals surface area contributed by atoms with Gasteiger partial charge in [0.25, 0.3) is 0 Å². The molecule has 0 saturated carbocycles. The lowest BCUT2D eigenvalue weighted by Gasteiger charge is -2.30. The van der Waals surface area contributed by atoms with E-state index < -0.39 is 5.41 Å². The first-order chi connectivity index (χ1) is 9.60. The van der Waals surface area contributed by atoms with Gasteiger partial charge in [0.15, 0.2) is 0 Å². The predicted octanol–water partition coefficient (Wildman–Crippen LogP) is 2.18. The zero-order valence-electron chi connectivity index (χ0n) is 12.6. The monoisotopic (exact) mass is 279 g/mol. The molecule has 4 heteroatoms. The molecule has 1 aromatic carbocycles. The Morgan fingerprint density at radius 3 is 2.40 bits per heavy atom. The zero-order chi connectivity index (χ0) is 15.0. The quantitative estimate of drug-likeness (QED) is 0.585. The summed E-state index contributed by atoms with van der Waals surface area (Å²) in [4.78, 5) is 12.3. The maximum Gasteiger partial charge on any atom is 0.317 e. The highest BCUT2D eigenvalue weighted by molar-refractivity contribution is 5.83. The molecular formula is C16H25NO3. The first kappa shape index (κ1) is 16.7. The molecule has 0 aliphatic heterocycles. The van der Waals surface area contributed by atoms with Crippen molar-refractivity contribution in [3.8, 4) is 0 Å². The lowest BCUT2D eigenvalue weighted by molar-refractivity contribution is -0.148. The van der Waals surface area contributed by atoms with Gasteiger partial charge in [0.1, 0.15) is 5.41 Å². The summed E-state index contributed by atoms with van der Waals surface area (Å²) >= 11 is 0. The SMILES string of the molecule is CCCOCCC(CN)(C(=O)OC)c1ccc(C)cc1. The van der Waals surface area contributed by atoms with E-state index >= 15 is 0 Å². The van der Waals surface area contributed by atoms with E-state index in [0.29, 0.717) is 19.6 Å². The Morgan fingerprint density at radius 1 is 1.25 bits per heavy atom. The molecule has 1 unspecified atom stereocenters. The van der Waals surface area contributed by atoms with Gasteiger partial charge in [-0.15, -0.1) is 0 Å². The summed E-state index contributed by atoms with van der Waals surface area (Å²) in [5.74, 6) is -0.302. The minimum Gasteiger partial charge on any atom is -0.468 e. The fourth-order valence-corrected chi connectivity index (χ4v) is 2.23. The molecule has 0 radical (unpaired) electrons. The molecule has 112 valence electrons. The topological polar surface area (TPSA) is 61.5 Å². The highest BCUT2D eigenvalue weighted by Gasteiger charge is 2.39. The van der Waals surface area contributed by atoms with Crippen LogP contribution in [-0.4, -0.2) is 32.8 Å². The van der Waals surface area contributed by atoms with Crippen LogP contribution in [-0.2, 0) is 19.7 Å². The van der Waals surface area contributed by atoms with Crippen LogP contribution in [0, 0.1) is 6.92 Å². The van der Waals surface area contributed by atoms with Gasteiger partial charge < -0.3 is 15.2 Å². The van der Waals surface area contributed by atoms with Crippen molar-refractivity contribution >= 4 is 5.97 Å². The van der Waals surface area contributed by atoms with E-state index in [1.165, 1.54) is 7.11 Å². The summed E-state index contributed by atoms with van der Waals surface area (Å²) in [6.45, 7) is 5.45. The van der Waals surface area contributed by atoms with Crippen molar-refractivity contribution in [3.05, 3.63) is 35.4 Å². The smallest absolute Gasteiger partial charge is 0.317 e. The lowest BCUT2D eigenvalue weighted by atomic mass is 9.77. The number of hydrogen-bond acceptors (Lipinski definition) is 4. The van der Waals surface area contributed by atoms with Gasteiger partial charge in [-0.3, -0.25) is 4.79 Å². The molecular weight excluding hydrogens is 254 g/mol. The molecule has 0 aromatic heterocycles. The van der Waals surface area contributed by atoms with Gasteiger partial charge >= 0.3 is 5.97 Å². The van der Waals surface area contributed by atoms with Crippen molar-refractivity contribution in [2.75, 3.05) is 26.9 Å². The van der Waals surface area contributed by atoms with Crippen molar-refractivity contribution in [1.29, 1.82) is 0 Å². The van der Waals surface area contributed by atoms with Gasteiger partial charge in [-0.05, 0) is 25.3 Å². The Labute approximate surface area is 121 Å². The average molecular weight is 279 g/mol. The van der Waals surface area contributed by atoms with Crippen LogP contribution in [0.1, 0.15) is 30.9 Å². The normalized spacial score (nSPS) is 13.8. The molecule has 0 saturated heterocycles. The third kappa shape index (κ3) is 3.81. The largest absolute Gasteiger partial charge is 0.468 e. The number of rotatable bonds is 8. The summed E-state index contributed by atoms with van der Waals surface area (Å²) in [5, 5.41) is 0. The third-order valence-corrected chi connectivity index (χ3v) is 3.55. The Kier molecular flexibility index (Phi) is 6.68. The van der Waals surface area contributed by atoms with Crippen LogP contribution in [0.5, 0.6) is 0 Å². The van der Waals surface area contributed by atoms with Crippen LogP contribution >= 0.6 is 0 Å². The average Bonchev–Trinajstić information content (AvgIpc) is 2.48. The van der Waals surface area contributed by atoms with Crippen molar-refractivity contribution in [2.24, 2.45) is 5.73 Å². The van der Waals surface area contributed by atoms with Crippen LogP contribution < -0.4 is 5.73 Å². The molecule has 0 bridgehead atoms. The number of methoxy groups -OCH3 is 1. The van der Waals surface area contributed by atoms with Gasteiger partial charge in [-0.25, -0.2) is 0 Å². The van der Waals surface area contributed by atoms with E-state index in [0.717, 1.165) is 17.5 Å². The van der Waals surface area contributed by atoms with Gasteiger partial charge in [0, 0.05) is 19.8 Å². The summed E-state index contributed by atoms with van der Waals surface area (Å²) in [7, 11) is 1.40. The number of nitrogens with two attached hydrogens (primary N) is 1. The second-order valence-electron chi connectivity index (χ2n) is 5.01. The van der Waals surface area contributed by atoms with Gasteiger partial charge in [0.05, 0.1) is 7.11 Å². The Hall–Kier alpha value is -1.39. The standard InChI is InChI=1S/C16H25NO3/c1-4-10-20-11-9-16(12-17,15(18)19-3)14-7-5-13(2)6-8-14/h5-8H,4,9-12,17H2,1-3H3. The van der Waals surface area contributed by atoms with Crippen molar-refractivity contribution in [3.63, 3.8) is 0 Å². The molecule has 0 fully saturated rings. The summed E-state index contributed by atoms with van der Waals surface area (Å²) in [6.07, 6.45) is 1.48. The van der Waals surface area contributed by atoms with Gasteiger partial charge in [-0.1, -0.05) is 36.8 Å². The zero-order valence-corrected chi connectivity index (χ0v) is 12.6. The second-order valence-corrected chi connectivity index (χ2v) is 5.01.